The number of hydrogen-bond acceptors (Lipinski definition) is 5. The number of piperidine rings is 1. The maximum Gasteiger partial charge on any atom is 0.306 e. The Morgan fingerprint density at radius 2 is 1.85 bits per heavy atom. The third kappa shape index (κ3) is 4.59. The van der Waals surface area contributed by atoms with Crippen LogP contribution in [0.3, 0.4) is 0 Å². The molecule has 1 fully saturated rings. The fraction of sp³-hybridized carbons (Fsp3) is 0.350. The summed E-state index contributed by atoms with van der Waals surface area (Å²) in [6.07, 6.45) is 3.91. The van der Waals surface area contributed by atoms with Crippen molar-refractivity contribution < 1.29 is 14.3 Å². The van der Waals surface area contributed by atoms with Gasteiger partial charge in [-0.2, -0.15) is 0 Å². The van der Waals surface area contributed by atoms with E-state index in [0.717, 1.165) is 42.9 Å². The van der Waals surface area contributed by atoms with Crippen LogP contribution in [0.15, 0.2) is 48.7 Å². The lowest BCUT2D eigenvalue weighted by Crippen LogP contribution is -2.35. The van der Waals surface area contributed by atoms with Gasteiger partial charge in [-0.3, -0.25) is 9.59 Å². The van der Waals surface area contributed by atoms with Crippen LogP contribution in [0.1, 0.15) is 19.3 Å². The molecule has 6 nitrogen and oxygen atoms in total. The van der Waals surface area contributed by atoms with Crippen molar-refractivity contribution >= 4 is 17.7 Å². The highest BCUT2D eigenvalue weighted by atomic mass is 16.5. The molecule has 0 radical (unpaired) electrons. The van der Waals surface area contributed by atoms with E-state index in [0.29, 0.717) is 6.42 Å². The van der Waals surface area contributed by atoms with Crippen LogP contribution >= 0.6 is 0 Å². The van der Waals surface area contributed by atoms with Crippen molar-refractivity contribution in [3.05, 3.63) is 48.7 Å². The Morgan fingerprint density at radius 3 is 2.54 bits per heavy atom. The molecule has 2 aromatic rings. The molecule has 2 N–H and O–H groups in total. The molecule has 3 rings (SSSR count). The minimum absolute atomic E-state index is 0.260. The second-order valence-electron chi connectivity index (χ2n) is 6.50. The van der Waals surface area contributed by atoms with Gasteiger partial charge in [0.05, 0.1) is 0 Å². The van der Waals surface area contributed by atoms with Crippen LogP contribution in [0.2, 0.25) is 0 Å². The van der Waals surface area contributed by atoms with E-state index in [2.05, 4.69) is 28.1 Å². The molecule has 6 heteroatoms. The summed E-state index contributed by atoms with van der Waals surface area (Å²) >= 11 is 0. The van der Waals surface area contributed by atoms with Gasteiger partial charge < -0.3 is 15.4 Å². The van der Waals surface area contributed by atoms with Crippen LogP contribution in [-0.2, 0) is 14.3 Å². The van der Waals surface area contributed by atoms with Crippen molar-refractivity contribution in [2.24, 2.45) is 11.7 Å². The van der Waals surface area contributed by atoms with Crippen LogP contribution < -0.4 is 10.6 Å². The van der Waals surface area contributed by atoms with Gasteiger partial charge in [0, 0.05) is 31.3 Å². The number of aromatic nitrogens is 1. The minimum atomic E-state index is -0.628. The molecule has 1 aromatic carbocycles. The monoisotopic (exact) mass is 353 g/mol. The number of amides is 1. The number of ether oxygens (including phenoxy) is 1. The predicted octanol–water partition coefficient (Wildman–Crippen LogP) is 2.38. The molecule has 0 atom stereocenters. The molecule has 1 aliphatic heterocycles. The lowest BCUT2D eigenvalue weighted by molar-refractivity contribution is -0.148. The molecule has 136 valence electrons. The maximum absolute atomic E-state index is 11.8. The van der Waals surface area contributed by atoms with Crippen molar-refractivity contribution in [3.8, 4) is 11.1 Å². The molecule has 1 saturated heterocycles. The zero-order valence-corrected chi connectivity index (χ0v) is 14.6. The van der Waals surface area contributed by atoms with E-state index < -0.39 is 5.91 Å². The van der Waals surface area contributed by atoms with E-state index in [1.807, 2.05) is 30.5 Å². The second-order valence-corrected chi connectivity index (χ2v) is 6.50. The number of nitrogens with two attached hydrogens (primary N) is 1. The number of pyridine rings is 1. The van der Waals surface area contributed by atoms with Gasteiger partial charge in [-0.05, 0) is 36.5 Å². The highest BCUT2D eigenvalue weighted by Gasteiger charge is 2.24. The highest BCUT2D eigenvalue weighted by molar-refractivity contribution is 5.79. The zero-order valence-electron chi connectivity index (χ0n) is 14.6. The van der Waals surface area contributed by atoms with Crippen LogP contribution in [0.4, 0.5) is 5.82 Å². The minimum Gasteiger partial charge on any atom is -0.456 e. The number of rotatable bonds is 6. The number of esters is 1. The Bertz CT molecular complexity index is 756. The van der Waals surface area contributed by atoms with Crippen LogP contribution in [-0.4, -0.2) is 36.6 Å². The fourth-order valence-electron chi connectivity index (χ4n) is 3.29. The SMILES string of the molecule is NC(=O)COC(=O)CC1CCN(c2ncccc2-c2ccccc2)CC1. The van der Waals surface area contributed by atoms with E-state index >= 15 is 0 Å². The normalized spacial score (nSPS) is 14.8. The Kier molecular flexibility index (Phi) is 5.84. The summed E-state index contributed by atoms with van der Waals surface area (Å²) in [5, 5.41) is 0. The standard InChI is InChI=1S/C20H23N3O3/c21-18(24)14-26-19(25)13-15-8-11-23(12-9-15)20-17(7-4-10-22-20)16-5-2-1-3-6-16/h1-7,10,15H,8-9,11-14H2,(H2,21,24). The van der Waals surface area contributed by atoms with E-state index in [1.165, 1.54) is 0 Å². The summed E-state index contributed by atoms with van der Waals surface area (Å²) < 4.78 is 4.86. The van der Waals surface area contributed by atoms with Gasteiger partial charge in [0.15, 0.2) is 6.61 Å². The predicted molar refractivity (Wildman–Crippen MR) is 99.4 cm³/mol. The van der Waals surface area contributed by atoms with Gasteiger partial charge >= 0.3 is 5.97 Å². The summed E-state index contributed by atoms with van der Waals surface area (Å²) in [6.45, 7) is 1.33. The van der Waals surface area contributed by atoms with E-state index in [4.69, 9.17) is 10.5 Å². The Morgan fingerprint density at radius 1 is 1.12 bits per heavy atom. The lowest BCUT2D eigenvalue weighted by atomic mass is 9.93. The van der Waals surface area contributed by atoms with Crippen LogP contribution in [0.25, 0.3) is 11.1 Å². The molecule has 26 heavy (non-hydrogen) atoms. The molecule has 0 aliphatic carbocycles. The van der Waals surface area contributed by atoms with Gasteiger partial charge in [0.2, 0.25) is 0 Å². The Labute approximate surface area is 153 Å². The average molecular weight is 353 g/mol. The molecule has 1 aliphatic rings. The molecular weight excluding hydrogens is 330 g/mol. The number of nitrogens with zero attached hydrogens (tertiary/aromatic N) is 2. The maximum atomic E-state index is 11.8. The first-order valence-corrected chi connectivity index (χ1v) is 8.83. The summed E-state index contributed by atoms with van der Waals surface area (Å²) in [7, 11) is 0. The zero-order chi connectivity index (χ0) is 18.4. The first kappa shape index (κ1) is 17.9. The number of hydrogen-bond donors (Lipinski definition) is 1. The third-order valence-electron chi connectivity index (χ3n) is 4.62. The van der Waals surface area contributed by atoms with Gasteiger partial charge in [0.25, 0.3) is 5.91 Å². The number of carbonyl (C=O) groups is 2. The summed E-state index contributed by atoms with van der Waals surface area (Å²) in [6, 6.07) is 14.3. The molecule has 0 saturated carbocycles. The topological polar surface area (TPSA) is 85.5 Å². The highest BCUT2D eigenvalue weighted by Crippen LogP contribution is 2.32. The smallest absolute Gasteiger partial charge is 0.306 e. The van der Waals surface area contributed by atoms with E-state index in [-0.39, 0.29) is 18.5 Å². The van der Waals surface area contributed by atoms with Gasteiger partial charge in [0.1, 0.15) is 5.82 Å². The van der Waals surface area contributed by atoms with Gasteiger partial charge in [-0.15, -0.1) is 0 Å². The first-order valence-electron chi connectivity index (χ1n) is 8.83. The third-order valence-corrected chi connectivity index (χ3v) is 4.62. The van der Waals surface area contributed by atoms with Crippen molar-refractivity contribution in [1.29, 1.82) is 0 Å². The second kappa shape index (κ2) is 8.47. The Balaban J connectivity index is 1.61. The lowest BCUT2D eigenvalue weighted by Gasteiger charge is -2.33. The van der Waals surface area contributed by atoms with E-state index in [1.54, 1.807) is 0 Å². The quantitative estimate of drug-likeness (QED) is 0.806. The molecule has 0 unspecified atom stereocenters. The van der Waals surface area contributed by atoms with Gasteiger partial charge in [-0.1, -0.05) is 30.3 Å². The number of carbonyl (C=O) groups excluding carboxylic acids is 2. The molecule has 2 heterocycles. The fourth-order valence-corrected chi connectivity index (χ4v) is 3.29. The summed E-state index contributed by atoms with van der Waals surface area (Å²) in [5.41, 5.74) is 7.25. The number of primary amides is 1. The summed E-state index contributed by atoms with van der Waals surface area (Å²) in [5.74, 6) is 0.255. The molecule has 0 bridgehead atoms. The summed E-state index contributed by atoms with van der Waals surface area (Å²) in [4.78, 5) is 29.3. The average Bonchev–Trinajstić information content (AvgIpc) is 2.68. The van der Waals surface area contributed by atoms with Gasteiger partial charge in [-0.25, -0.2) is 4.98 Å². The van der Waals surface area contributed by atoms with Crippen LogP contribution in [0, 0.1) is 5.92 Å². The van der Waals surface area contributed by atoms with Crippen molar-refractivity contribution in [2.45, 2.75) is 19.3 Å². The van der Waals surface area contributed by atoms with Crippen LogP contribution in [0.5, 0.6) is 0 Å². The van der Waals surface area contributed by atoms with Crippen molar-refractivity contribution in [1.82, 2.24) is 4.98 Å². The number of anilines is 1. The Hall–Kier alpha value is -2.89. The molecule has 1 amide bonds. The van der Waals surface area contributed by atoms with Crippen molar-refractivity contribution in [3.63, 3.8) is 0 Å². The van der Waals surface area contributed by atoms with Crippen molar-refractivity contribution in [2.75, 3.05) is 24.6 Å². The largest absolute Gasteiger partial charge is 0.456 e. The molecule has 1 aromatic heterocycles. The van der Waals surface area contributed by atoms with E-state index in [9.17, 15) is 9.59 Å². The number of benzene rings is 1. The first-order chi connectivity index (χ1) is 12.6. The molecule has 0 spiro atoms. The molecular formula is C20H23N3O3.